The normalized spacial score (nSPS) is 11.9. The molecular formula is C17H14N4O2. The van der Waals surface area contributed by atoms with Crippen LogP contribution in [0, 0.1) is 11.3 Å². The second-order valence-corrected chi connectivity index (χ2v) is 5.03. The van der Waals surface area contributed by atoms with Gasteiger partial charge >= 0.3 is 0 Å². The number of Topliss-reactive ketones (excluding diaryl/α,β-unsaturated/α-hetero) is 1. The molecule has 0 spiro atoms. The summed E-state index contributed by atoms with van der Waals surface area (Å²) in [6.07, 6.45) is 1.41. The van der Waals surface area contributed by atoms with E-state index in [9.17, 15) is 10.1 Å². The highest BCUT2D eigenvalue weighted by atomic mass is 16.5. The Hall–Kier alpha value is -3.20. The van der Waals surface area contributed by atoms with Crippen molar-refractivity contribution in [3.63, 3.8) is 0 Å². The molecule has 114 valence electrons. The number of hydrogen-bond acceptors (Lipinski definition) is 5. The fourth-order valence-corrected chi connectivity index (χ4v) is 2.47. The first kappa shape index (κ1) is 14.7. The van der Waals surface area contributed by atoms with E-state index >= 15 is 0 Å². The fourth-order valence-electron chi connectivity index (χ4n) is 2.47. The standard InChI is InChI=1S/C17H14N4O2/c1-21-14-6-4-3-5-13(14)20-17(21)12(9-18)16(22)11-7-8-15(23-2)19-10-11/h3-8,10,12H,1-2H3. The van der Waals surface area contributed by atoms with Crippen LogP contribution in [0.1, 0.15) is 22.1 Å². The van der Waals surface area contributed by atoms with Crippen LogP contribution in [0.5, 0.6) is 5.88 Å². The first-order valence-electron chi connectivity index (χ1n) is 7.01. The number of nitriles is 1. The van der Waals surface area contributed by atoms with E-state index in [1.165, 1.54) is 13.3 Å². The summed E-state index contributed by atoms with van der Waals surface area (Å²) in [5.74, 6) is -0.476. The van der Waals surface area contributed by atoms with Gasteiger partial charge < -0.3 is 9.30 Å². The molecule has 0 N–H and O–H groups in total. The number of nitrogens with zero attached hydrogens (tertiary/aromatic N) is 4. The third-order valence-electron chi connectivity index (χ3n) is 3.70. The molecule has 0 fully saturated rings. The van der Waals surface area contributed by atoms with Gasteiger partial charge in [0.15, 0.2) is 11.7 Å². The van der Waals surface area contributed by atoms with Crippen molar-refractivity contribution in [3.8, 4) is 11.9 Å². The molecule has 6 heteroatoms. The summed E-state index contributed by atoms with van der Waals surface area (Å²) < 4.78 is 6.75. The number of hydrogen-bond donors (Lipinski definition) is 0. The first-order chi connectivity index (χ1) is 11.2. The van der Waals surface area contributed by atoms with Crippen LogP contribution in [-0.4, -0.2) is 27.4 Å². The summed E-state index contributed by atoms with van der Waals surface area (Å²) in [4.78, 5) is 21.1. The van der Waals surface area contributed by atoms with Gasteiger partial charge in [-0.2, -0.15) is 5.26 Å². The van der Waals surface area contributed by atoms with Gasteiger partial charge in [0.1, 0.15) is 5.82 Å². The van der Waals surface area contributed by atoms with Crippen molar-refractivity contribution in [1.29, 1.82) is 5.26 Å². The maximum Gasteiger partial charge on any atom is 0.212 e. The van der Waals surface area contributed by atoms with Gasteiger partial charge in [0.05, 0.1) is 24.2 Å². The molecule has 3 rings (SSSR count). The molecule has 0 radical (unpaired) electrons. The lowest BCUT2D eigenvalue weighted by Crippen LogP contribution is -2.15. The van der Waals surface area contributed by atoms with E-state index < -0.39 is 5.92 Å². The average molecular weight is 306 g/mol. The van der Waals surface area contributed by atoms with Crippen LogP contribution in [0.25, 0.3) is 11.0 Å². The number of aromatic nitrogens is 3. The second-order valence-electron chi connectivity index (χ2n) is 5.03. The highest BCUT2D eigenvalue weighted by Crippen LogP contribution is 2.24. The fraction of sp³-hybridized carbons (Fsp3) is 0.176. The monoisotopic (exact) mass is 306 g/mol. The van der Waals surface area contributed by atoms with Crippen LogP contribution in [0.15, 0.2) is 42.6 Å². The number of ketones is 1. The Balaban J connectivity index is 2.02. The van der Waals surface area contributed by atoms with Crippen LogP contribution in [-0.2, 0) is 7.05 Å². The number of aryl methyl sites for hydroxylation is 1. The first-order valence-corrected chi connectivity index (χ1v) is 7.01. The Morgan fingerprint density at radius 1 is 1.30 bits per heavy atom. The number of carbonyl (C=O) groups excluding carboxylic acids is 1. The number of ether oxygens (including phenoxy) is 1. The number of rotatable bonds is 4. The number of imidazole rings is 1. The van der Waals surface area contributed by atoms with Crippen molar-refractivity contribution in [2.45, 2.75) is 5.92 Å². The molecule has 2 aromatic heterocycles. The van der Waals surface area contributed by atoms with Crippen LogP contribution >= 0.6 is 0 Å². The summed E-state index contributed by atoms with van der Waals surface area (Å²) in [7, 11) is 3.30. The maximum absolute atomic E-state index is 12.6. The van der Waals surface area contributed by atoms with Crippen LogP contribution in [0.2, 0.25) is 0 Å². The van der Waals surface area contributed by atoms with E-state index in [2.05, 4.69) is 16.0 Å². The summed E-state index contributed by atoms with van der Waals surface area (Å²) in [6, 6.07) is 12.8. The molecule has 23 heavy (non-hydrogen) atoms. The lowest BCUT2D eigenvalue weighted by Gasteiger charge is -2.09. The molecule has 1 aromatic carbocycles. The predicted octanol–water partition coefficient (Wildman–Crippen LogP) is 2.47. The zero-order valence-electron chi connectivity index (χ0n) is 12.7. The summed E-state index contributed by atoms with van der Waals surface area (Å²) in [5.41, 5.74) is 1.98. The number of carbonyl (C=O) groups is 1. The minimum atomic E-state index is -0.984. The quantitative estimate of drug-likeness (QED) is 0.692. The summed E-state index contributed by atoms with van der Waals surface area (Å²) in [5, 5.41) is 9.49. The van der Waals surface area contributed by atoms with Gasteiger partial charge in [-0.05, 0) is 18.2 Å². The van der Waals surface area contributed by atoms with Crippen molar-refractivity contribution in [2.75, 3.05) is 7.11 Å². The highest BCUT2D eigenvalue weighted by molar-refractivity contribution is 6.02. The molecule has 0 amide bonds. The zero-order valence-corrected chi connectivity index (χ0v) is 12.7. The van der Waals surface area contributed by atoms with E-state index in [4.69, 9.17) is 4.74 Å². The topological polar surface area (TPSA) is 80.8 Å². The minimum absolute atomic E-state index is 0.332. The third kappa shape index (κ3) is 2.53. The van der Waals surface area contributed by atoms with Crippen LogP contribution < -0.4 is 4.74 Å². The molecule has 6 nitrogen and oxygen atoms in total. The van der Waals surface area contributed by atoms with Gasteiger partial charge in [0.25, 0.3) is 0 Å². The van der Waals surface area contributed by atoms with Gasteiger partial charge in [-0.15, -0.1) is 0 Å². The van der Waals surface area contributed by atoms with Crippen molar-refractivity contribution in [2.24, 2.45) is 7.05 Å². The number of para-hydroxylation sites is 2. The van der Waals surface area contributed by atoms with Gasteiger partial charge in [-0.3, -0.25) is 4.79 Å². The highest BCUT2D eigenvalue weighted by Gasteiger charge is 2.27. The molecule has 0 aliphatic rings. The lowest BCUT2D eigenvalue weighted by atomic mass is 9.99. The predicted molar refractivity (Wildman–Crippen MR) is 84.2 cm³/mol. The van der Waals surface area contributed by atoms with E-state index in [1.54, 1.807) is 23.7 Å². The van der Waals surface area contributed by atoms with Crippen molar-refractivity contribution < 1.29 is 9.53 Å². The van der Waals surface area contributed by atoms with Crippen molar-refractivity contribution in [3.05, 3.63) is 54.0 Å². The molecule has 0 aliphatic heterocycles. The average Bonchev–Trinajstić information content (AvgIpc) is 2.93. The van der Waals surface area contributed by atoms with E-state index in [1.807, 2.05) is 24.3 Å². The largest absolute Gasteiger partial charge is 0.481 e. The minimum Gasteiger partial charge on any atom is -0.481 e. The molecule has 3 aromatic rings. The van der Waals surface area contributed by atoms with Crippen molar-refractivity contribution in [1.82, 2.24) is 14.5 Å². The molecular weight excluding hydrogens is 292 g/mol. The van der Waals surface area contributed by atoms with Crippen LogP contribution in [0.4, 0.5) is 0 Å². The van der Waals surface area contributed by atoms with E-state index in [0.717, 1.165) is 11.0 Å². The molecule has 0 bridgehead atoms. The maximum atomic E-state index is 12.6. The van der Waals surface area contributed by atoms with Gasteiger partial charge in [-0.1, -0.05) is 12.1 Å². The van der Waals surface area contributed by atoms with Gasteiger partial charge in [0, 0.05) is 24.9 Å². The molecule has 0 saturated carbocycles. The summed E-state index contributed by atoms with van der Waals surface area (Å²) in [6.45, 7) is 0. The summed E-state index contributed by atoms with van der Waals surface area (Å²) >= 11 is 0. The molecule has 1 unspecified atom stereocenters. The zero-order chi connectivity index (χ0) is 16.4. The Morgan fingerprint density at radius 3 is 2.70 bits per heavy atom. The Bertz CT molecular complexity index is 906. The molecule has 0 aliphatic carbocycles. The van der Waals surface area contributed by atoms with Gasteiger partial charge in [-0.25, -0.2) is 9.97 Å². The van der Waals surface area contributed by atoms with E-state index in [0.29, 0.717) is 17.3 Å². The SMILES string of the molecule is COc1ccc(C(=O)C(C#N)c2nc3ccccc3n2C)cn1. The third-order valence-corrected chi connectivity index (χ3v) is 3.70. The number of pyridine rings is 1. The van der Waals surface area contributed by atoms with Crippen molar-refractivity contribution >= 4 is 16.8 Å². The Kier molecular flexibility index (Phi) is 3.77. The van der Waals surface area contributed by atoms with E-state index in [-0.39, 0.29) is 5.78 Å². The number of methoxy groups -OCH3 is 1. The Labute approximate surface area is 133 Å². The molecule has 0 saturated heterocycles. The van der Waals surface area contributed by atoms with Crippen LogP contribution in [0.3, 0.4) is 0 Å². The lowest BCUT2D eigenvalue weighted by molar-refractivity contribution is 0.0975. The molecule has 2 heterocycles. The smallest absolute Gasteiger partial charge is 0.212 e. The second kappa shape index (κ2) is 5.89. The number of benzene rings is 1. The molecule has 1 atom stereocenters. The van der Waals surface area contributed by atoms with Gasteiger partial charge in [0.2, 0.25) is 5.88 Å². The Morgan fingerprint density at radius 2 is 2.09 bits per heavy atom. The number of fused-ring (bicyclic) bond motifs is 1.